The molecule has 0 unspecified atom stereocenters. The van der Waals surface area contributed by atoms with Crippen LogP contribution >= 0.6 is 0 Å². The summed E-state index contributed by atoms with van der Waals surface area (Å²) in [6.45, 7) is 2.25. The molecule has 0 N–H and O–H groups in total. The minimum Gasteiger partial charge on any atom is -0.204 e. The van der Waals surface area contributed by atoms with Gasteiger partial charge in [0.1, 0.15) is 0 Å². The summed E-state index contributed by atoms with van der Waals surface area (Å²) in [6.07, 6.45) is 12.5. The van der Waals surface area contributed by atoms with Gasteiger partial charge in [0.05, 0.1) is 0 Å². The summed E-state index contributed by atoms with van der Waals surface area (Å²) in [4.78, 5) is 0. The molecule has 2 saturated carbocycles. The third-order valence-corrected chi connectivity index (χ3v) is 6.40. The molecule has 0 heterocycles. The van der Waals surface area contributed by atoms with Gasteiger partial charge in [0.15, 0.2) is 17.5 Å². The predicted molar refractivity (Wildman–Crippen MR) is 91.4 cm³/mol. The first kappa shape index (κ1) is 17.8. The van der Waals surface area contributed by atoms with Crippen LogP contribution in [0, 0.1) is 35.2 Å². The predicted octanol–water partition coefficient (Wildman–Crippen LogP) is 6.98. The van der Waals surface area contributed by atoms with Crippen molar-refractivity contribution in [3.8, 4) is 0 Å². The Morgan fingerprint density at radius 2 is 1.50 bits per heavy atom. The lowest BCUT2D eigenvalue weighted by atomic mass is 9.62. The molecule has 0 saturated heterocycles. The third-order valence-electron chi connectivity index (χ3n) is 6.40. The van der Waals surface area contributed by atoms with Crippen LogP contribution < -0.4 is 0 Å². The molecule has 2 aliphatic rings. The van der Waals surface area contributed by atoms with Crippen LogP contribution in [0.2, 0.25) is 0 Å². The molecule has 1 aromatic rings. The molecular weight excluding hydrogens is 309 g/mol. The van der Waals surface area contributed by atoms with Crippen LogP contribution in [0.4, 0.5) is 13.2 Å². The maximum atomic E-state index is 13.4. The van der Waals surface area contributed by atoms with Gasteiger partial charge in [-0.05, 0) is 79.9 Å². The molecule has 2 fully saturated rings. The van der Waals surface area contributed by atoms with Crippen LogP contribution in [0.3, 0.4) is 0 Å². The summed E-state index contributed by atoms with van der Waals surface area (Å²) in [7, 11) is 0. The lowest BCUT2D eigenvalue weighted by molar-refractivity contribution is 0.0865. The van der Waals surface area contributed by atoms with E-state index in [-0.39, 0.29) is 5.92 Å². The Kier molecular flexibility index (Phi) is 5.89. The summed E-state index contributed by atoms with van der Waals surface area (Å²) in [5, 5.41) is 0. The van der Waals surface area contributed by atoms with E-state index in [4.69, 9.17) is 0 Å². The molecule has 0 aromatic heterocycles. The summed E-state index contributed by atoms with van der Waals surface area (Å²) in [5.74, 6) is -0.665. The molecule has 134 valence electrons. The Hall–Kier alpha value is -0.990. The molecule has 3 heteroatoms. The maximum absolute atomic E-state index is 13.4. The van der Waals surface area contributed by atoms with E-state index in [1.165, 1.54) is 50.7 Å². The highest BCUT2D eigenvalue weighted by atomic mass is 19.2. The number of rotatable bonds is 6. The standard InChI is InChI=1S/C21H29F3/c1-2-3-4-5-14-10-17(11-14)15-6-8-16(9-7-15)18-12-19(22)21(24)20(23)13-18/h12-17H,2-11H2,1H3. The first-order valence-electron chi connectivity index (χ1n) is 9.72. The normalized spacial score (nSPS) is 30.2. The Morgan fingerprint density at radius 1 is 0.875 bits per heavy atom. The van der Waals surface area contributed by atoms with Crippen molar-refractivity contribution in [2.45, 2.75) is 77.0 Å². The molecule has 3 rings (SSSR count). The summed E-state index contributed by atoms with van der Waals surface area (Å²) in [6, 6.07) is 2.38. The smallest absolute Gasteiger partial charge is 0.194 e. The van der Waals surface area contributed by atoms with Gasteiger partial charge in [-0.1, -0.05) is 32.6 Å². The molecule has 0 amide bonds. The fourth-order valence-corrected chi connectivity index (χ4v) is 4.83. The monoisotopic (exact) mass is 338 g/mol. The maximum Gasteiger partial charge on any atom is 0.194 e. The molecule has 1 aromatic carbocycles. The number of benzene rings is 1. The molecule has 2 aliphatic carbocycles. The number of halogens is 3. The van der Waals surface area contributed by atoms with Gasteiger partial charge in [0, 0.05) is 0 Å². The van der Waals surface area contributed by atoms with Crippen molar-refractivity contribution in [2.24, 2.45) is 17.8 Å². The number of hydrogen-bond acceptors (Lipinski definition) is 0. The van der Waals surface area contributed by atoms with Crippen LogP contribution in [0.25, 0.3) is 0 Å². The van der Waals surface area contributed by atoms with Crippen LogP contribution in [0.1, 0.15) is 82.6 Å². The molecular formula is C21H29F3. The third kappa shape index (κ3) is 3.97. The lowest BCUT2D eigenvalue weighted by Gasteiger charge is -2.43. The van der Waals surface area contributed by atoms with Gasteiger partial charge in [-0.3, -0.25) is 0 Å². The van der Waals surface area contributed by atoms with Crippen molar-refractivity contribution in [2.75, 3.05) is 0 Å². The lowest BCUT2D eigenvalue weighted by Crippen LogP contribution is -2.32. The van der Waals surface area contributed by atoms with Crippen LogP contribution in [-0.4, -0.2) is 0 Å². The van der Waals surface area contributed by atoms with E-state index >= 15 is 0 Å². The van der Waals surface area contributed by atoms with Gasteiger partial charge in [0.2, 0.25) is 0 Å². The van der Waals surface area contributed by atoms with Gasteiger partial charge in [-0.2, -0.15) is 0 Å². The zero-order valence-corrected chi connectivity index (χ0v) is 14.7. The zero-order chi connectivity index (χ0) is 17.1. The fourth-order valence-electron chi connectivity index (χ4n) is 4.83. The summed E-state index contributed by atoms with van der Waals surface area (Å²) in [5.41, 5.74) is 0.635. The second-order valence-electron chi connectivity index (χ2n) is 8.00. The van der Waals surface area contributed by atoms with Crippen molar-refractivity contribution < 1.29 is 13.2 Å². The van der Waals surface area contributed by atoms with Crippen molar-refractivity contribution in [3.05, 3.63) is 35.1 Å². The average Bonchev–Trinajstić information content (AvgIpc) is 2.54. The molecule has 0 radical (unpaired) electrons. The molecule has 0 aliphatic heterocycles. The highest BCUT2D eigenvalue weighted by Gasteiger charge is 2.36. The van der Waals surface area contributed by atoms with Crippen LogP contribution in [-0.2, 0) is 0 Å². The molecule has 0 bridgehead atoms. The highest BCUT2D eigenvalue weighted by molar-refractivity contribution is 5.23. The van der Waals surface area contributed by atoms with Gasteiger partial charge in [-0.15, -0.1) is 0 Å². The van der Waals surface area contributed by atoms with E-state index in [1.807, 2.05) is 0 Å². The highest BCUT2D eigenvalue weighted by Crippen LogP contribution is 2.48. The van der Waals surface area contributed by atoms with Gasteiger partial charge in [0.25, 0.3) is 0 Å². The average molecular weight is 338 g/mol. The van der Waals surface area contributed by atoms with Crippen LogP contribution in [0.15, 0.2) is 12.1 Å². The zero-order valence-electron chi connectivity index (χ0n) is 14.7. The second-order valence-corrected chi connectivity index (χ2v) is 8.00. The summed E-state index contributed by atoms with van der Waals surface area (Å²) >= 11 is 0. The van der Waals surface area contributed by atoms with E-state index in [0.717, 1.165) is 43.4 Å². The number of unbranched alkanes of at least 4 members (excludes halogenated alkanes) is 2. The van der Waals surface area contributed by atoms with Gasteiger partial charge < -0.3 is 0 Å². The molecule has 24 heavy (non-hydrogen) atoms. The van der Waals surface area contributed by atoms with Gasteiger partial charge >= 0.3 is 0 Å². The Labute approximate surface area is 143 Å². The Morgan fingerprint density at radius 3 is 2.08 bits per heavy atom. The fraction of sp³-hybridized carbons (Fsp3) is 0.714. The topological polar surface area (TPSA) is 0 Å². The quantitative estimate of drug-likeness (QED) is 0.387. The van der Waals surface area contributed by atoms with Crippen molar-refractivity contribution in [3.63, 3.8) is 0 Å². The Balaban J connectivity index is 1.45. The molecule has 0 nitrogen and oxygen atoms in total. The number of hydrogen-bond donors (Lipinski definition) is 0. The SMILES string of the molecule is CCCCCC1CC(C2CCC(c3cc(F)c(F)c(F)c3)CC2)C1. The Bertz CT molecular complexity index is 517. The van der Waals surface area contributed by atoms with Crippen molar-refractivity contribution in [1.82, 2.24) is 0 Å². The van der Waals surface area contributed by atoms with Crippen molar-refractivity contribution >= 4 is 0 Å². The molecule has 0 spiro atoms. The minimum absolute atomic E-state index is 0.186. The van der Waals surface area contributed by atoms with Gasteiger partial charge in [-0.25, -0.2) is 13.2 Å². The van der Waals surface area contributed by atoms with E-state index in [9.17, 15) is 13.2 Å². The van der Waals surface area contributed by atoms with E-state index in [1.54, 1.807) is 0 Å². The summed E-state index contributed by atoms with van der Waals surface area (Å²) < 4.78 is 39.9. The minimum atomic E-state index is -1.35. The van der Waals surface area contributed by atoms with Crippen LogP contribution in [0.5, 0.6) is 0 Å². The van der Waals surface area contributed by atoms with Crippen molar-refractivity contribution in [1.29, 1.82) is 0 Å². The van der Waals surface area contributed by atoms with E-state index in [2.05, 4.69) is 6.92 Å². The first-order valence-corrected chi connectivity index (χ1v) is 9.72. The first-order chi connectivity index (χ1) is 11.6. The van der Waals surface area contributed by atoms with E-state index in [0.29, 0.717) is 5.56 Å². The largest absolute Gasteiger partial charge is 0.204 e. The second kappa shape index (κ2) is 7.93. The molecule has 0 atom stereocenters. The van der Waals surface area contributed by atoms with E-state index < -0.39 is 17.5 Å².